The number of amides is 2. The van der Waals surface area contributed by atoms with Crippen molar-refractivity contribution in [2.45, 2.75) is 6.10 Å². The molecule has 3 rings (SSSR count). The van der Waals surface area contributed by atoms with Crippen molar-refractivity contribution in [2.24, 2.45) is 0 Å². The van der Waals surface area contributed by atoms with Gasteiger partial charge in [0, 0.05) is 0 Å². The van der Waals surface area contributed by atoms with Crippen molar-refractivity contribution in [1.82, 2.24) is 10.9 Å². The SMILES string of the molecule is COc1ccc(C(=O)OCC(=O)NNC(=O)[C@H]2COc3ccccc3O2)cc1. The van der Waals surface area contributed by atoms with Crippen LogP contribution in [0.1, 0.15) is 10.4 Å². The van der Waals surface area contributed by atoms with Gasteiger partial charge in [-0.05, 0) is 36.4 Å². The van der Waals surface area contributed by atoms with Gasteiger partial charge in [-0.25, -0.2) is 4.79 Å². The van der Waals surface area contributed by atoms with Gasteiger partial charge >= 0.3 is 5.97 Å². The van der Waals surface area contributed by atoms with Gasteiger partial charge in [0.15, 0.2) is 18.1 Å². The molecule has 2 N–H and O–H groups in total. The maximum Gasteiger partial charge on any atom is 0.338 e. The van der Waals surface area contributed by atoms with E-state index in [1.807, 2.05) is 0 Å². The highest BCUT2D eigenvalue weighted by molar-refractivity contribution is 5.92. The van der Waals surface area contributed by atoms with Crippen molar-refractivity contribution >= 4 is 17.8 Å². The van der Waals surface area contributed by atoms with Crippen molar-refractivity contribution in [3.63, 3.8) is 0 Å². The molecule has 0 aromatic heterocycles. The predicted molar refractivity (Wildman–Crippen MR) is 95.9 cm³/mol. The molecule has 0 unspecified atom stereocenters. The van der Waals surface area contributed by atoms with Gasteiger partial charge in [0.1, 0.15) is 12.4 Å². The van der Waals surface area contributed by atoms with E-state index in [9.17, 15) is 14.4 Å². The number of rotatable bonds is 5. The maximum absolute atomic E-state index is 12.1. The topological polar surface area (TPSA) is 112 Å². The van der Waals surface area contributed by atoms with Gasteiger partial charge in [-0.1, -0.05) is 12.1 Å². The van der Waals surface area contributed by atoms with Crippen LogP contribution in [-0.4, -0.2) is 44.2 Å². The number of carbonyl (C=O) groups excluding carboxylic acids is 3. The van der Waals surface area contributed by atoms with E-state index in [2.05, 4.69) is 10.9 Å². The normalized spacial score (nSPS) is 14.5. The van der Waals surface area contributed by atoms with E-state index in [1.165, 1.54) is 19.2 Å². The second kappa shape index (κ2) is 8.76. The quantitative estimate of drug-likeness (QED) is 0.578. The molecule has 9 heteroatoms. The molecule has 28 heavy (non-hydrogen) atoms. The first-order valence-electron chi connectivity index (χ1n) is 8.35. The summed E-state index contributed by atoms with van der Waals surface area (Å²) >= 11 is 0. The number of nitrogens with one attached hydrogen (secondary N) is 2. The van der Waals surface area contributed by atoms with Crippen LogP contribution in [0.2, 0.25) is 0 Å². The summed E-state index contributed by atoms with van der Waals surface area (Å²) in [6, 6.07) is 13.2. The van der Waals surface area contributed by atoms with Crippen molar-refractivity contribution in [1.29, 1.82) is 0 Å². The third-order valence-electron chi connectivity index (χ3n) is 3.79. The molecular weight excluding hydrogens is 368 g/mol. The summed E-state index contributed by atoms with van der Waals surface area (Å²) in [5.41, 5.74) is 4.64. The molecule has 0 saturated carbocycles. The van der Waals surface area contributed by atoms with Crippen LogP contribution in [0.5, 0.6) is 17.2 Å². The molecule has 0 aliphatic carbocycles. The molecule has 0 radical (unpaired) electrons. The first kappa shape index (κ1) is 19.0. The number of esters is 1. The van der Waals surface area contributed by atoms with Crippen molar-refractivity contribution in [3.05, 3.63) is 54.1 Å². The van der Waals surface area contributed by atoms with Gasteiger partial charge in [0.05, 0.1) is 12.7 Å². The fourth-order valence-electron chi connectivity index (χ4n) is 2.34. The average Bonchev–Trinajstić information content (AvgIpc) is 2.75. The second-order valence-corrected chi connectivity index (χ2v) is 5.71. The number of para-hydroxylation sites is 2. The largest absolute Gasteiger partial charge is 0.497 e. The minimum Gasteiger partial charge on any atom is -0.497 e. The van der Waals surface area contributed by atoms with Crippen LogP contribution in [0.15, 0.2) is 48.5 Å². The Labute approximate surface area is 160 Å². The molecule has 0 bridgehead atoms. The summed E-state index contributed by atoms with van der Waals surface area (Å²) in [6.07, 6.45) is -0.919. The average molecular weight is 386 g/mol. The van der Waals surface area contributed by atoms with E-state index in [0.717, 1.165) is 0 Å². The van der Waals surface area contributed by atoms with Gasteiger partial charge in [0.25, 0.3) is 11.8 Å². The third-order valence-corrected chi connectivity index (χ3v) is 3.79. The lowest BCUT2D eigenvalue weighted by Gasteiger charge is -2.25. The highest BCUT2D eigenvalue weighted by Gasteiger charge is 2.27. The number of methoxy groups -OCH3 is 1. The van der Waals surface area contributed by atoms with Crippen LogP contribution in [0.25, 0.3) is 0 Å². The van der Waals surface area contributed by atoms with Gasteiger partial charge in [0.2, 0.25) is 6.10 Å². The zero-order valence-electron chi connectivity index (χ0n) is 15.0. The Morgan fingerprint density at radius 1 is 1.04 bits per heavy atom. The van der Waals surface area contributed by atoms with E-state index in [1.54, 1.807) is 36.4 Å². The van der Waals surface area contributed by atoms with E-state index >= 15 is 0 Å². The van der Waals surface area contributed by atoms with Crippen LogP contribution in [0, 0.1) is 0 Å². The van der Waals surface area contributed by atoms with Crippen molar-refractivity contribution < 1.29 is 33.3 Å². The van der Waals surface area contributed by atoms with E-state index < -0.39 is 30.5 Å². The van der Waals surface area contributed by atoms with Crippen molar-refractivity contribution in [2.75, 3.05) is 20.3 Å². The van der Waals surface area contributed by atoms with Crippen LogP contribution >= 0.6 is 0 Å². The summed E-state index contributed by atoms with van der Waals surface area (Å²) in [5.74, 6) is -0.398. The number of hydrogen-bond donors (Lipinski definition) is 2. The molecule has 146 valence electrons. The lowest BCUT2D eigenvalue weighted by molar-refractivity contribution is -0.135. The summed E-state index contributed by atoms with van der Waals surface area (Å²) in [5, 5.41) is 0. The molecule has 1 aliphatic rings. The maximum atomic E-state index is 12.1. The Hall–Kier alpha value is -3.75. The first-order chi connectivity index (χ1) is 13.6. The molecule has 1 aliphatic heterocycles. The molecular formula is C19H18N2O7. The molecule has 0 fully saturated rings. The smallest absolute Gasteiger partial charge is 0.338 e. The molecule has 1 atom stereocenters. The third kappa shape index (κ3) is 4.70. The highest BCUT2D eigenvalue weighted by atomic mass is 16.6. The first-order valence-corrected chi connectivity index (χ1v) is 8.35. The minimum atomic E-state index is -0.919. The molecule has 0 spiro atoms. The van der Waals surface area contributed by atoms with Crippen LogP contribution in [0.4, 0.5) is 0 Å². The Balaban J connectivity index is 1.41. The number of hydrogen-bond acceptors (Lipinski definition) is 7. The fraction of sp³-hybridized carbons (Fsp3) is 0.211. The minimum absolute atomic E-state index is 0.00513. The standard InChI is InChI=1S/C19H18N2O7/c1-25-13-8-6-12(7-9-13)19(24)27-11-17(22)20-21-18(23)16-10-26-14-4-2-3-5-15(14)28-16/h2-9,16H,10-11H2,1H3,(H,20,22)(H,21,23)/t16-/m1/s1. The monoisotopic (exact) mass is 386 g/mol. The van der Waals surface area contributed by atoms with Crippen molar-refractivity contribution in [3.8, 4) is 17.2 Å². The van der Waals surface area contributed by atoms with E-state index in [0.29, 0.717) is 17.2 Å². The van der Waals surface area contributed by atoms with Gasteiger partial charge in [-0.15, -0.1) is 0 Å². The molecule has 0 saturated heterocycles. The molecule has 9 nitrogen and oxygen atoms in total. The summed E-state index contributed by atoms with van der Waals surface area (Å²) in [7, 11) is 1.51. The lowest BCUT2D eigenvalue weighted by Crippen LogP contribution is -2.51. The Morgan fingerprint density at radius 3 is 2.46 bits per heavy atom. The number of carbonyl (C=O) groups is 3. The summed E-state index contributed by atoms with van der Waals surface area (Å²) < 4.78 is 20.8. The van der Waals surface area contributed by atoms with Gasteiger partial charge in [-0.3, -0.25) is 20.4 Å². The summed E-state index contributed by atoms with van der Waals surface area (Å²) in [6.45, 7) is -0.554. The predicted octanol–water partition coefficient (Wildman–Crippen LogP) is 0.839. The summed E-state index contributed by atoms with van der Waals surface area (Å²) in [4.78, 5) is 35.7. The molecule has 2 amide bonds. The Bertz CT molecular complexity index is 867. The van der Waals surface area contributed by atoms with Gasteiger partial charge in [-0.2, -0.15) is 0 Å². The highest BCUT2D eigenvalue weighted by Crippen LogP contribution is 2.30. The zero-order chi connectivity index (χ0) is 19.9. The van der Waals surface area contributed by atoms with Crippen LogP contribution < -0.4 is 25.1 Å². The molecule has 1 heterocycles. The van der Waals surface area contributed by atoms with Crippen LogP contribution in [-0.2, 0) is 14.3 Å². The number of hydrazine groups is 1. The Morgan fingerprint density at radius 2 is 1.75 bits per heavy atom. The fourth-order valence-corrected chi connectivity index (χ4v) is 2.34. The lowest BCUT2D eigenvalue weighted by atomic mass is 10.2. The number of benzene rings is 2. The van der Waals surface area contributed by atoms with Crippen LogP contribution in [0.3, 0.4) is 0 Å². The van der Waals surface area contributed by atoms with E-state index in [-0.39, 0.29) is 12.2 Å². The molecule has 2 aromatic carbocycles. The number of ether oxygens (including phenoxy) is 4. The zero-order valence-corrected chi connectivity index (χ0v) is 15.0. The van der Waals surface area contributed by atoms with Gasteiger partial charge < -0.3 is 18.9 Å². The van der Waals surface area contributed by atoms with E-state index in [4.69, 9.17) is 18.9 Å². The number of fused-ring (bicyclic) bond motifs is 1. The second-order valence-electron chi connectivity index (χ2n) is 5.71. The molecule has 2 aromatic rings. The Kier molecular flexibility index (Phi) is 5.95.